The van der Waals surface area contributed by atoms with E-state index in [9.17, 15) is 4.79 Å². The minimum Gasteiger partial charge on any atom is -0.493 e. The second kappa shape index (κ2) is 6.52. The topological polar surface area (TPSA) is 47.6 Å². The number of para-hydroxylation sites is 1. The predicted octanol–water partition coefficient (Wildman–Crippen LogP) is 3.23. The van der Waals surface area contributed by atoms with Crippen LogP contribution in [0.15, 0.2) is 54.6 Å². The van der Waals surface area contributed by atoms with Crippen LogP contribution in [0.1, 0.15) is 30.1 Å². The van der Waals surface area contributed by atoms with Gasteiger partial charge >= 0.3 is 0 Å². The SMILES string of the molecule is COC(CNC(=O)[C@@H]1C[C@]12CCOc1ccccc12)c1ccccc1. The standard InChI is InChI=1S/C21H23NO3/c1-24-19(15-7-3-2-4-8-15)14-22-20(23)17-13-21(17)11-12-25-18-10-6-5-9-16(18)21/h2-10,17,19H,11-14H2,1H3,(H,22,23)/t17-,19?,21-/m0/s1. The Kier molecular flexibility index (Phi) is 4.22. The normalized spacial score (nSPS) is 24.9. The molecule has 1 amide bonds. The minimum atomic E-state index is -0.123. The lowest BCUT2D eigenvalue weighted by molar-refractivity contribution is -0.123. The van der Waals surface area contributed by atoms with Crippen molar-refractivity contribution in [2.45, 2.75) is 24.4 Å². The van der Waals surface area contributed by atoms with Crippen LogP contribution in [0.2, 0.25) is 0 Å². The second-order valence-corrected chi connectivity index (χ2v) is 6.89. The lowest BCUT2D eigenvalue weighted by Crippen LogP contribution is -2.33. The third kappa shape index (κ3) is 2.91. The average Bonchev–Trinajstić information content (AvgIpc) is 3.38. The van der Waals surface area contributed by atoms with Gasteiger partial charge in [-0.25, -0.2) is 0 Å². The molecule has 25 heavy (non-hydrogen) atoms. The molecule has 4 rings (SSSR count). The fraction of sp³-hybridized carbons (Fsp3) is 0.381. The molecule has 1 aliphatic heterocycles. The summed E-state index contributed by atoms with van der Waals surface area (Å²) in [7, 11) is 1.68. The maximum absolute atomic E-state index is 12.7. The van der Waals surface area contributed by atoms with E-state index in [4.69, 9.17) is 9.47 Å². The highest BCUT2D eigenvalue weighted by Gasteiger charge is 2.60. The van der Waals surface area contributed by atoms with Gasteiger partial charge in [0.05, 0.1) is 12.7 Å². The summed E-state index contributed by atoms with van der Waals surface area (Å²) < 4.78 is 11.3. The molecule has 130 valence electrons. The maximum atomic E-state index is 12.7. The highest BCUT2D eigenvalue weighted by molar-refractivity contribution is 5.85. The molecule has 4 heteroatoms. The third-order valence-corrected chi connectivity index (χ3v) is 5.54. The summed E-state index contributed by atoms with van der Waals surface area (Å²) in [5.41, 5.74) is 2.23. The first-order valence-electron chi connectivity index (χ1n) is 8.82. The van der Waals surface area contributed by atoms with E-state index in [1.165, 1.54) is 5.56 Å². The van der Waals surface area contributed by atoms with Crippen LogP contribution in [-0.4, -0.2) is 26.2 Å². The zero-order valence-electron chi connectivity index (χ0n) is 14.4. The first-order chi connectivity index (χ1) is 12.2. The van der Waals surface area contributed by atoms with Crippen LogP contribution in [0.4, 0.5) is 0 Å². The molecule has 4 nitrogen and oxygen atoms in total. The number of rotatable bonds is 5. The van der Waals surface area contributed by atoms with Gasteiger partial charge in [0, 0.05) is 30.6 Å². The van der Waals surface area contributed by atoms with E-state index >= 15 is 0 Å². The Morgan fingerprint density at radius 3 is 2.80 bits per heavy atom. The van der Waals surface area contributed by atoms with Crippen LogP contribution < -0.4 is 10.1 Å². The molecule has 1 saturated carbocycles. The lowest BCUT2D eigenvalue weighted by atomic mass is 9.87. The molecule has 2 aromatic carbocycles. The van der Waals surface area contributed by atoms with Crippen molar-refractivity contribution in [3.05, 3.63) is 65.7 Å². The highest BCUT2D eigenvalue weighted by Crippen LogP contribution is 2.60. The first kappa shape index (κ1) is 16.2. The fourth-order valence-electron chi connectivity index (χ4n) is 4.03. The number of fused-ring (bicyclic) bond motifs is 2. The molecule has 2 aromatic rings. The number of hydrogen-bond donors (Lipinski definition) is 1. The summed E-state index contributed by atoms with van der Waals surface area (Å²) in [4.78, 5) is 12.7. The van der Waals surface area contributed by atoms with Gasteiger partial charge in [-0.15, -0.1) is 0 Å². The van der Waals surface area contributed by atoms with Crippen molar-refractivity contribution < 1.29 is 14.3 Å². The molecular formula is C21H23NO3. The van der Waals surface area contributed by atoms with Crippen LogP contribution in [0, 0.1) is 5.92 Å². The molecule has 3 atom stereocenters. The molecule has 0 radical (unpaired) electrons. The van der Waals surface area contributed by atoms with Gasteiger partial charge in [0.15, 0.2) is 0 Å². The van der Waals surface area contributed by atoms with E-state index in [1.807, 2.05) is 48.5 Å². The highest BCUT2D eigenvalue weighted by atomic mass is 16.5. The largest absolute Gasteiger partial charge is 0.493 e. The number of hydrogen-bond acceptors (Lipinski definition) is 3. The van der Waals surface area contributed by atoms with E-state index in [0.717, 1.165) is 24.2 Å². The van der Waals surface area contributed by atoms with Gasteiger partial charge in [0.2, 0.25) is 5.91 Å². The van der Waals surface area contributed by atoms with Crippen LogP contribution in [-0.2, 0) is 14.9 Å². The number of carbonyl (C=O) groups excluding carboxylic acids is 1. The smallest absolute Gasteiger partial charge is 0.224 e. The van der Waals surface area contributed by atoms with Crippen molar-refractivity contribution >= 4 is 5.91 Å². The summed E-state index contributed by atoms with van der Waals surface area (Å²) in [5.74, 6) is 1.09. The fourth-order valence-corrected chi connectivity index (χ4v) is 4.03. The molecule has 0 bridgehead atoms. The van der Waals surface area contributed by atoms with Gasteiger partial charge in [0.1, 0.15) is 5.75 Å². The van der Waals surface area contributed by atoms with Gasteiger partial charge in [-0.3, -0.25) is 4.79 Å². The molecule has 1 heterocycles. The average molecular weight is 337 g/mol. The van der Waals surface area contributed by atoms with Crippen LogP contribution in [0.3, 0.4) is 0 Å². The van der Waals surface area contributed by atoms with Crippen LogP contribution in [0.5, 0.6) is 5.75 Å². The van der Waals surface area contributed by atoms with E-state index < -0.39 is 0 Å². The molecule has 1 aliphatic carbocycles. The number of benzene rings is 2. The van der Waals surface area contributed by atoms with Gasteiger partial charge in [0.25, 0.3) is 0 Å². The zero-order chi connectivity index (χ0) is 17.3. The number of nitrogens with one attached hydrogen (secondary N) is 1. The summed E-state index contributed by atoms with van der Waals surface area (Å²) in [5, 5.41) is 3.09. The Morgan fingerprint density at radius 2 is 2.00 bits per heavy atom. The minimum absolute atomic E-state index is 0.0332. The molecule has 1 N–H and O–H groups in total. The van der Waals surface area contributed by atoms with Gasteiger partial charge in [-0.05, 0) is 24.5 Å². The predicted molar refractivity (Wildman–Crippen MR) is 95.5 cm³/mol. The Balaban J connectivity index is 1.42. The lowest BCUT2D eigenvalue weighted by Gasteiger charge is -2.26. The van der Waals surface area contributed by atoms with Crippen molar-refractivity contribution in [2.75, 3.05) is 20.3 Å². The summed E-state index contributed by atoms with van der Waals surface area (Å²) >= 11 is 0. The van der Waals surface area contributed by atoms with E-state index in [-0.39, 0.29) is 23.3 Å². The molecule has 0 aromatic heterocycles. The zero-order valence-corrected chi connectivity index (χ0v) is 14.4. The van der Waals surface area contributed by atoms with Crippen molar-refractivity contribution in [3.8, 4) is 5.75 Å². The number of carbonyl (C=O) groups is 1. The number of methoxy groups -OCH3 is 1. The Hall–Kier alpha value is -2.33. The molecule has 1 unspecified atom stereocenters. The number of ether oxygens (including phenoxy) is 2. The Bertz CT molecular complexity index is 761. The monoisotopic (exact) mass is 337 g/mol. The van der Waals surface area contributed by atoms with Crippen LogP contribution >= 0.6 is 0 Å². The summed E-state index contributed by atoms with van der Waals surface area (Å²) in [6.07, 6.45) is 1.69. The number of amides is 1. The first-order valence-corrected chi connectivity index (χ1v) is 8.82. The third-order valence-electron chi connectivity index (χ3n) is 5.54. The van der Waals surface area contributed by atoms with Crippen molar-refractivity contribution in [1.29, 1.82) is 0 Å². The second-order valence-electron chi connectivity index (χ2n) is 6.89. The van der Waals surface area contributed by atoms with E-state index in [1.54, 1.807) is 7.11 Å². The molecular weight excluding hydrogens is 314 g/mol. The molecule has 0 saturated heterocycles. The maximum Gasteiger partial charge on any atom is 0.224 e. The summed E-state index contributed by atoms with van der Waals surface area (Å²) in [6, 6.07) is 18.1. The van der Waals surface area contributed by atoms with E-state index in [0.29, 0.717) is 13.2 Å². The quantitative estimate of drug-likeness (QED) is 0.911. The summed E-state index contributed by atoms with van der Waals surface area (Å²) in [6.45, 7) is 1.18. The van der Waals surface area contributed by atoms with Gasteiger partial charge < -0.3 is 14.8 Å². The molecule has 1 spiro atoms. The van der Waals surface area contributed by atoms with Gasteiger partial charge in [-0.1, -0.05) is 48.5 Å². The molecule has 2 aliphatic rings. The Labute approximate surface area is 148 Å². The van der Waals surface area contributed by atoms with Crippen molar-refractivity contribution in [3.63, 3.8) is 0 Å². The Morgan fingerprint density at radius 1 is 1.24 bits per heavy atom. The van der Waals surface area contributed by atoms with E-state index in [2.05, 4.69) is 11.4 Å². The van der Waals surface area contributed by atoms with Crippen molar-refractivity contribution in [1.82, 2.24) is 5.32 Å². The van der Waals surface area contributed by atoms with Gasteiger partial charge in [-0.2, -0.15) is 0 Å². The molecule has 1 fully saturated rings. The van der Waals surface area contributed by atoms with Crippen LogP contribution in [0.25, 0.3) is 0 Å². The van der Waals surface area contributed by atoms with Crippen molar-refractivity contribution in [2.24, 2.45) is 5.92 Å².